The van der Waals surface area contributed by atoms with E-state index in [9.17, 15) is 14.0 Å². The maximum atomic E-state index is 14.9. The molecule has 28 heavy (non-hydrogen) atoms. The Morgan fingerprint density at radius 2 is 1.93 bits per heavy atom. The Bertz CT molecular complexity index is 957. The molecule has 0 spiro atoms. The number of allylic oxidation sites excluding steroid dienone is 2. The van der Waals surface area contributed by atoms with Crippen LogP contribution in [0.5, 0.6) is 0 Å². The molecular weight excluding hydrogens is 410 g/mol. The third-order valence-corrected chi connectivity index (χ3v) is 5.30. The highest BCUT2D eigenvalue weighted by Crippen LogP contribution is 2.36. The second-order valence-corrected chi connectivity index (χ2v) is 7.43. The van der Waals surface area contributed by atoms with E-state index in [0.29, 0.717) is 40.6 Å². The fraction of sp³-hybridized carbons (Fsp3) is 0.316. The van der Waals surface area contributed by atoms with Gasteiger partial charge in [0.25, 0.3) is 0 Å². The van der Waals surface area contributed by atoms with Gasteiger partial charge < -0.3 is 10.2 Å². The van der Waals surface area contributed by atoms with E-state index in [-0.39, 0.29) is 6.54 Å². The summed E-state index contributed by atoms with van der Waals surface area (Å²) in [5.41, 5.74) is 2.44. The molecule has 0 aliphatic heterocycles. The normalized spacial score (nSPS) is 15.4. The molecule has 0 atom stereocenters. The highest BCUT2D eigenvalue weighted by atomic mass is 35.5. The number of aliphatic carboxylic acids is 2. The van der Waals surface area contributed by atoms with Gasteiger partial charge in [0.1, 0.15) is 5.83 Å². The predicted molar refractivity (Wildman–Crippen MR) is 102 cm³/mol. The standard InChI is InChI=1S/C19H17Cl2FN2O4/c20-12-5-4-11(15(21)6-12)9-24-17-10(8-23-24)2-1-3-13(17)16(22)7-14(18(25)26)19(27)28/h4-6,8,14H,1-3,7,9H2,(H,25,26)(H,27,28)/b16-13-. The minimum atomic E-state index is -1.83. The minimum absolute atomic E-state index is 0.281. The van der Waals surface area contributed by atoms with Crippen LogP contribution in [-0.2, 0) is 22.6 Å². The molecule has 0 unspecified atom stereocenters. The van der Waals surface area contributed by atoms with Crippen LogP contribution in [0.3, 0.4) is 0 Å². The number of benzene rings is 1. The summed E-state index contributed by atoms with van der Waals surface area (Å²) in [6.07, 6.45) is 2.71. The zero-order chi connectivity index (χ0) is 20.4. The zero-order valence-corrected chi connectivity index (χ0v) is 16.2. The third kappa shape index (κ3) is 4.20. The van der Waals surface area contributed by atoms with Gasteiger partial charge in [-0.25, -0.2) is 4.39 Å². The molecule has 1 heterocycles. The maximum Gasteiger partial charge on any atom is 0.318 e. The monoisotopic (exact) mass is 426 g/mol. The Hall–Kier alpha value is -2.38. The number of rotatable bonds is 6. The number of carboxylic acids is 2. The van der Waals surface area contributed by atoms with Crippen molar-refractivity contribution in [2.24, 2.45) is 5.92 Å². The van der Waals surface area contributed by atoms with Crippen molar-refractivity contribution in [2.45, 2.75) is 32.2 Å². The van der Waals surface area contributed by atoms with Gasteiger partial charge in [0.15, 0.2) is 5.92 Å². The van der Waals surface area contributed by atoms with E-state index >= 15 is 0 Å². The van der Waals surface area contributed by atoms with Crippen molar-refractivity contribution in [1.29, 1.82) is 0 Å². The van der Waals surface area contributed by atoms with Crippen molar-refractivity contribution in [3.05, 3.63) is 57.1 Å². The molecule has 0 saturated heterocycles. The fourth-order valence-electron chi connectivity index (χ4n) is 3.31. The third-order valence-electron chi connectivity index (χ3n) is 4.72. The van der Waals surface area contributed by atoms with Crippen molar-refractivity contribution in [2.75, 3.05) is 0 Å². The Kier molecular flexibility index (Phi) is 6.05. The summed E-state index contributed by atoms with van der Waals surface area (Å²) < 4.78 is 16.5. The molecule has 0 fully saturated rings. The van der Waals surface area contributed by atoms with E-state index in [1.54, 1.807) is 29.1 Å². The van der Waals surface area contributed by atoms with Gasteiger partial charge in [-0.1, -0.05) is 29.3 Å². The van der Waals surface area contributed by atoms with Crippen LogP contribution in [-0.4, -0.2) is 31.9 Å². The number of nitrogens with zero attached hydrogens (tertiary/aromatic N) is 2. The predicted octanol–water partition coefficient (Wildman–Crippen LogP) is 4.43. The van der Waals surface area contributed by atoms with E-state index in [0.717, 1.165) is 11.1 Å². The van der Waals surface area contributed by atoms with E-state index in [2.05, 4.69) is 5.10 Å². The molecule has 1 aromatic carbocycles. The lowest BCUT2D eigenvalue weighted by atomic mass is 9.90. The summed E-state index contributed by atoms with van der Waals surface area (Å²) in [6.45, 7) is 0.281. The fourth-order valence-corrected chi connectivity index (χ4v) is 3.78. The molecule has 0 radical (unpaired) electrons. The molecule has 2 aromatic rings. The number of carbonyl (C=O) groups is 2. The first-order chi connectivity index (χ1) is 13.3. The number of hydrogen-bond donors (Lipinski definition) is 2. The zero-order valence-electron chi connectivity index (χ0n) is 14.7. The number of hydrogen-bond acceptors (Lipinski definition) is 3. The largest absolute Gasteiger partial charge is 0.481 e. The number of fused-ring (bicyclic) bond motifs is 1. The van der Waals surface area contributed by atoms with Crippen LogP contribution in [0.25, 0.3) is 5.57 Å². The summed E-state index contributed by atoms with van der Waals surface area (Å²) in [7, 11) is 0. The average molecular weight is 427 g/mol. The van der Waals surface area contributed by atoms with Gasteiger partial charge in [-0.3, -0.25) is 14.3 Å². The molecular formula is C19H17Cl2FN2O4. The molecule has 148 valence electrons. The summed E-state index contributed by atoms with van der Waals surface area (Å²) in [5, 5.41) is 23.4. The molecule has 3 rings (SSSR count). The molecule has 9 heteroatoms. The van der Waals surface area contributed by atoms with E-state index < -0.39 is 30.1 Å². The summed E-state index contributed by atoms with van der Waals surface area (Å²) in [6, 6.07) is 5.06. The minimum Gasteiger partial charge on any atom is -0.481 e. The van der Waals surface area contributed by atoms with Crippen LogP contribution in [0, 0.1) is 5.92 Å². The SMILES string of the molecule is O=C(O)C(C/C(F)=C1\CCCc2cnn(Cc3ccc(Cl)cc3Cl)c21)C(=O)O. The van der Waals surface area contributed by atoms with E-state index in [1.807, 2.05) is 0 Å². The molecule has 1 aliphatic carbocycles. The average Bonchev–Trinajstić information content (AvgIpc) is 3.04. The van der Waals surface area contributed by atoms with Crippen molar-refractivity contribution in [1.82, 2.24) is 9.78 Å². The van der Waals surface area contributed by atoms with Crippen molar-refractivity contribution < 1.29 is 24.2 Å². The Balaban J connectivity index is 1.98. The second kappa shape index (κ2) is 8.32. The quantitative estimate of drug-likeness (QED) is 0.666. The lowest BCUT2D eigenvalue weighted by molar-refractivity contribution is -0.154. The molecule has 0 amide bonds. The molecule has 0 saturated carbocycles. The molecule has 6 nitrogen and oxygen atoms in total. The number of aryl methyl sites for hydroxylation is 1. The lowest BCUT2D eigenvalue weighted by Crippen LogP contribution is -2.24. The lowest BCUT2D eigenvalue weighted by Gasteiger charge is -2.20. The van der Waals surface area contributed by atoms with E-state index in [1.165, 1.54) is 0 Å². The highest BCUT2D eigenvalue weighted by molar-refractivity contribution is 6.35. The van der Waals surface area contributed by atoms with Gasteiger partial charge in [0.2, 0.25) is 0 Å². The number of aromatic nitrogens is 2. The van der Waals surface area contributed by atoms with Gasteiger partial charge in [-0.2, -0.15) is 5.10 Å². The second-order valence-electron chi connectivity index (χ2n) is 6.58. The number of carboxylic acid groups (broad SMARTS) is 2. The first kappa shape index (κ1) is 20.4. The van der Waals surface area contributed by atoms with Crippen LogP contribution in [0.2, 0.25) is 10.0 Å². The smallest absolute Gasteiger partial charge is 0.318 e. The molecule has 2 N–H and O–H groups in total. The Morgan fingerprint density at radius 1 is 1.21 bits per heavy atom. The maximum absolute atomic E-state index is 14.9. The van der Waals surface area contributed by atoms with Gasteiger partial charge in [-0.15, -0.1) is 0 Å². The molecule has 1 aromatic heterocycles. The Labute approximate surface area is 170 Å². The van der Waals surface area contributed by atoms with Crippen molar-refractivity contribution >= 4 is 40.7 Å². The van der Waals surface area contributed by atoms with E-state index in [4.69, 9.17) is 33.4 Å². The van der Waals surface area contributed by atoms with Crippen molar-refractivity contribution in [3.8, 4) is 0 Å². The summed E-state index contributed by atoms with van der Waals surface area (Å²) >= 11 is 12.1. The summed E-state index contributed by atoms with van der Waals surface area (Å²) in [4.78, 5) is 22.2. The van der Waals surface area contributed by atoms with Crippen LogP contribution in [0.4, 0.5) is 4.39 Å². The van der Waals surface area contributed by atoms with Crippen LogP contribution < -0.4 is 0 Å². The topological polar surface area (TPSA) is 92.4 Å². The summed E-state index contributed by atoms with van der Waals surface area (Å²) in [5.74, 6) is -5.71. The molecule has 1 aliphatic rings. The highest BCUT2D eigenvalue weighted by Gasteiger charge is 2.30. The Morgan fingerprint density at radius 3 is 2.57 bits per heavy atom. The van der Waals surface area contributed by atoms with Crippen molar-refractivity contribution in [3.63, 3.8) is 0 Å². The van der Waals surface area contributed by atoms with Gasteiger partial charge in [0, 0.05) is 22.0 Å². The van der Waals surface area contributed by atoms with Gasteiger partial charge in [-0.05, 0) is 42.5 Å². The van der Waals surface area contributed by atoms with Crippen LogP contribution >= 0.6 is 23.2 Å². The first-order valence-electron chi connectivity index (χ1n) is 8.60. The van der Waals surface area contributed by atoms with Crippen LogP contribution in [0.1, 0.15) is 36.1 Å². The van der Waals surface area contributed by atoms with Gasteiger partial charge >= 0.3 is 11.9 Å². The number of halogens is 3. The van der Waals surface area contributed by atoms with Gasteiger partial charge in [0.05, 0.1) is 18.4 Å². The van der Waals surface area contributed by atoms with Crippen LogP contribution in [0.15, 0.2) is 30.2 Å². The molecule has 0 bridgehead atoms. The first-order valence-corrected chi connectivity index (χ1v) is 9.35.